The molecule has 0 saturated carbocycles. The van der Waals surface area contributed by atoms with Crippen LogP contribution < -0.4 is 0 Å². The van der Waals surface area contributed by atoms with E-state index in [1.54, 1.807) is 22.6 Å². The molecule has 0 aliphatic carbocycles. The van der Waals surface area contributed by atoms with Crippen LogP contribution in [0.5, 0.6) is 0 Å². The largest absolute Gasteiger partial charge is 0.395 e. The number of aliphatic hydroxyl groups excluding tert-OH is 1. The number of benzene rings is 1. The number of nitrogens with zero attached hydrogens (tertiary/aromatic N) is 2. The number of nitro groups is 1. The second-order valence-electron chi connectivity index (χ2n) is 3.79. The topological polar surface area (TPSA) is 83.7 Å². The maximum absolute atomic E-state index is 12.4. The van der Waals surface area contributed by atoms with Crippen LogP contribution in [0.3, 0.4) is 0 Å². The molecule has 6 nitrogen and oxygen atoms in total. The summed E-state index contributed by atoms with van der Waals surface area (Å²) in [6.45, 7) is -1.57. The molecule has 20 heavy (non-hydrogen) atoms. The third kappa shape index (κ3) is 4.34. The lowest BCUT2D eigenvalue weighted by atomic mass is 10.1. The van der Waals surface area contributed by atoms with Crippen LogP contribution in [0.15, 0.2) is 18.2 Å². The van der Waals surface area contributed by atoms with Gasteiger partial charge in [-0.25, -0.2) is 8.78 Å². The molecule has 0 aromatic heterocycles. The lowest BCUT2D eigenvalue weighted by molar-refractivity contribution is -0.384. The first-order chi connectivity index (χ1) is 9.36. The summed E-state index contributed by atoms with van der Waals surface area (Å²) < 4.78 is 25.2. The smallest absolute Gasteiger partial charge is 0.270 e. The predicted molar refractivity (Wildman–Crippen MR) is 74.8 cm³/mol. The standard InChI is InChI=1S/C11H11F2IN2O4/c12-10(13)6-15(3-4-17)11(18)8-5-7(16(19)20)1-2-9(8)14/h1-2,5,10,17H,3-4,6H2. The number of hydrogen-bond acceptors (Lipinski definition) is 4. The molecular formula is C11H11F2IN2O4. The van der Waals surface area contributed by atoms with Crippen LogP contribution >= 0.6 is 22.6 Å². The Labute approximate surface area is 126 Å². The van der Waals surface area contributed by atoms with Gasteiger partial charge in [-0.2, -0.15) is 0 Å². The van der Waals surface area contributed by atoms with Gasteiger partial charge in [0.1, 0.15) is 0 Å². The molecule has 0 saturated heterocycles. The number of amides is 1. The molecule has 0 atom stereocenters. The molecule has 1 N–H and O–H groups in total. The molecule has 1 aromatic carbocycles. The van der Waals surface area contributed by atoms with E-state index in [-0.39, 0.29) is 17.8 Å². The highest BCUT2D eigenvalue weighted by Crippen LogP contribution is 2.21. The zero-order chi connectivity index (χ0) is 15.3. The molecule has 0 bridgehead atoms. The van der Waals surface area contributed by atoms with Crippen molar-refractivity contribution >= 4 is 34.2 Å². The normalized spacial score (nSPS) is 10.7. The zero-order valence-electron chi connectivity index (χ0n) is 10.1. The summed E-state index contributed by atoms with van der Waals surface area (Å²) in [7, 11) is 0. The summed E-state index contributed by atoms with van der Waals surface area (Å²) in [4.78, 5) is 22.9. The minimum absolute atomic E-state index is 0.0334. The molecule has 1 amide bonds. The minimum atomic E-state index is -2.75. The first-order valence-electron chi connectivity index (χ1n) is 5.49. The molecule has 0 aliphatic rings. The first-order valence-corrected chi connectivity index (χ1v) is 6.57. The Balaban J connectivity index is 3.10. The SMILES string of the molecule is O=C(c1cc([N+](=O)[O-])ccc1I)N(CCO)CC(F)F. The number of aliphatic hydroxyl groups is 1. The van der Waals surface area contributed by atoms with Gasteiger partial charge in [-0.05, 0) is 28.7 Å². The maximum atomic E-state index is 12.4. The van der Waals surface area contributed by atoms with E-state index >= 15 is 0 Å². The van der Waals surface area contributed by atoms with Crippen molar-refractivity contribution < 1.29 is 23.6 Å². The molecule has 0 spiro atoms. The monoisotopic (exact) mass is 400 g/mol. The van der Waals surface area contributed by atoms with Crippen molar-refractivity contribution in [3.8, 4) is 0 Å². The van der Waals surface area contributed by atoms with Gasteiger partial charge in [-0.1, -0.05) is 0 Å². The molecule has 0 heterocycles. The fourth-order valence-corrected chi connectivity index (χ4v) is 2.09. The van der Waals surface area contributed by atoms with E-state index in [9.17, 15) is 23.7 Å². The van der Waals surface area contributed by atoms with Crippen LogP contribution in [0.2, 0.25) is 0 Å². The highest BCUT2D eigenvalue weighted by molar-refractivity contribution is 14.1. The van der Waals surface area contributed by atoms with E-state index in [0.717, 1.165) is 11.0 Å². The fraction of sp³-hybridized carbons (Fsp3) is 0.364. The number of carbonyl (C=O) groups excluding carboxylic acids is 1. The van der Waals surface area contributed by atoms with Gasteiger partial charge < -0.3 is 10.0 Å². The number of alkyl halides is 2. The number of non-ortho nitro benzene ring substituents is 1. The molecule has 110 valence electrons. The van der Waals surface area contributed by atoms with E-state index in [1.807, 2.05) is 0 Å². The van der Waals surface area contributed by atoms with E-state index in [2.05, 4.69) is 0 Å². The van der Waals surface area contributed by atoms with E-state index < -0.39 is 30.4 Å². The lowest BCUT2D eigenvalue weighted by Gasteiger charge is -2.21. The summed E-state index contributed by atoms with van der Waals surface area (Å²) in [5.74, 6) is -0.771. The predicted octanol–water partition coefficient (Wildman–Crippen LogP) is 1.90. The van der Waals surface area contributed by atoms with E-state index in [4.69, 9.17) is 5.11 Å². The van der Waals surface area contributed by atoms with Crippen molar-refractivity contribution in [3.63, 3.8) is 0 Å². The molecule has 0 aliphatic heterocycles. The summed E-state index contributed by atoms with van der Waals surface area (Å²) in [6.07, 6.45) is -2.75. The summed E-state index contributed by atoms with van der Waals surface area (Å²) in [5.41, 5.74) is -0.330. The van der Waals surface area contributed by atoms with Crippen LogP contribution in [-0.2, 0) is 0 Å². The van der Waals surface area contributed by atoms with Crippen molar-refractivity contribution in [3.05, 3.63) is 37.4 Å². The third-order valence-corrected chi connectivity index (χ3v) is 3.35. The molecule has 1 aromatic rings. The molecule has 9 heteroatoms. The summed E-state index contributed by atoms with van der Waals surface area (Å²) in [6, 6.07) is 3.63. The van der Waals surface area contributed by atoms with Crippen molar-refractivity contribution in [2.24, 2.45) is 0 Å². The summed E-state index contributed by atoms with van der Waals surface area (Å²) in [5, 5.41) is 19.5. The van der Waals surface area contributed by atoms with Crippen molar-refractivity contribution in [2.45, 2.75) is 6.43 Å². The molecule has 1 rings (SSSR count). The van der Waals surface area contributed by atoms with Gasteiger partial charge in [0.15, 0.2) is 0 Å². The Kier molecular flexibility index (Phi) is 6.20. The number of hydrogen-bond donors (Lipinski definition) is 1. The van der Waals surface area contributed by atoms with E-state index in [0.29, 0.717) is 3.57 Å². The molecular weight excluding hydrogens is 389 g/mol. The van der Waals surface area contributed by atoms with Crippen LogP contribution in [0, 0.1) is 13.7 Å². The molecule has 0 radical (unpaired) electrons. The Hall–Kier alpha value is -1.36. The minimum Gasteiger partial charge on any atom is -0.395 e. The summed E-state index contributed by atoms with van der Waals surface area (Å²) >= 11 is 1.79. The highest BCUT2D eigenvalue weighted by atomic mass is 127. The van der Waals surface area contributed by atoms with Gasteiger partial charge in [0, 0.05) is 22.2 Å². The van der Waals surface area contributed by atoms with Gasteiger partial charge in [-0.15, -0.1) is 0 Å². The van der Waals surface area contributed by atoms with Crippen LogP contribution in [0.25, 0.3) is 0 Å². The number of halogens is 3. The van der Waals surface area contributed by atoms with Gasteiger partial charge in [0.05, 0.1) is 23.6 Å². The second-order valence-corrected chi connectivity index (χ2v) is 4.95. The Morgan fingerprint density at radius 2 is 2.15 bits per heavy atom. The average Bonchev–Trinajstić information content (AvgIpc) is 2.37. The van der Waals surface area contributed by atoms with Crippen LogP contribution in [0.4, 0.5) is 14.5 Å². The van der Waals surface area contributed by atoms with E-state index in [1.165, 1.54) is 12.1 Å². The van der Waals surface area contributed by atoms with Crippen LogP contribution in [0.1, 0.15) is 10.4 Å². The molecule has 0 unspecified atom stereocenters. The third-order valence-electron chi connectivity index (χ3n) is 2.41. The quantitative estimate of drug-likeness (QED) is 0.449. The number of rotatable bonds is 6. The zero-order valence-corrected chi connectivity index (χ0v) is 12.3. The molecule has 0 fully saturated rings. The van der Waals surface area contributed by atoms with Gasteiger partial charge in [-0.3, -0.25) is 14.9 Å². The number of carbonyl (C=O) groups is 1. The van der Waals surface area contributed by atoms with Gasteiger partial charge >= 0.3 is 0 Å². The Morgan fingerprint density at radius 1 is 1.50 bits per heavy atom. The van der Waals surface area contributed by atoms with Crippen molar-refractivity contribution in [1.29, 1.82) is 0 Å². The lowest BCUT2D eigenvalue weighted by Crippen LogP contribution is -2.37. The van der Waals surface area contributed by atoms with Crippen molar-refractivity contribution in [1.82, 2.24) is 4.90 Å². The van der Waals surface area contributed by atoms with Crippen LogP contribution in [-0.4, -0.2) is 47.0 Å². The second kappa shape index (κ2) is 7.43. The Morgan fingerprint density at radius 3 is 2.65 bits per heavy atom. The van der Waals surface area contributed by atoms with Gasteiger partial charge in [0.25, 0.3) is 18.0 Å². The number of nitro benzene ring substituents is 1. The average molecular weight is 400 g/mol. The fourth-order valence-electron chi connectivity index (χ4n) is 1.52. The first kappa shape index (κ1) is 16.7. The van der Waals surface area contributed by atoms with Gasteiger partial charge in [0.2, 0.25) is 0 Å². The Bertz CT molecular complexity index is 513. The maximum Gasteiger partial charge on any atom is 0.270 e. The van der Waals surface area contributed by atoms with Crippen molar-refractivity contribution in [2.75, 3.05) is 19.7 Å². The highest BCUT2D eigenvalue weighted by Gasteiger charge is 2.23.